The highest BCUT2D eigenvalue weighted by Crippen LogP contribution is 2.14. The van der Waals surface area contributed by atoms with Gasteiger partial charge in [-0.2, -0.15) is 0 Å². The second-order valence-corrected chi connectivity index (χ2v) is 4.34. The number of aromatic nitrogens is 2. The predicted octanol–water partition coefficient (Wildman–Crippen LogP) is 2.48. The molecule has 3 nitrogen and oxygen atoms in total. The lowest BCUT2D eigenvalue weighted by molar-refractivity contribution is 0.619. The van der Waals surface area contributed by atoms with Crippen molar-refractivity contribution in [2.75, 3.05) is 0 Å². The van der Waals surface area contributed by atoms with Crippen molar-refractivity contribution in [3.8, 4) is 0 Å². The molecule has 0 bridgehead atoms. The highest BCUT2D eigenvalue weighted by molar-refractivity contribution is 5.28. The Morgan fingerprint density at radius 3 is 2.89 bits per heavy atom. The molecular formula is C14H18FN3. The molecule has 0 fully saturated rings. The first kappa shape index (κ1) is 12.8. The van der Waals surface area contributed by atoms with Crippen LogP contribution in [0, 0.1) is 5.82 Å². The van der Waals surface area contributed by atoms with Gasteiger partial charge in [0.25, 0.3) is 0 Å². The summed E-state index contributed by atoms with van der Waals surface area (Å²) >= 11 is 0. The Morgan fingerprint density at radius 1 is 1.33 bits per heavy atom. The quantitative estimate of drug-likeness (QED) is 0.882. The molecular weight excluding hydrogens is 229 g/mol. The lowest BCUT2D eigenvalue weighted by Gasteiger charge is -2.11. The molecule has 0 saturated heterocycles. The topological polar surface area (TPSA) is 43.8 Å². The minimum atomic E-state index is -0.223. The van der Waals surface area contributed by atoms with Crippen molar-refractivity contribution >= 4 is 0 Å². The molecule has 2 aromatic rings. The first-order chi connectivity index (χ1) is 8.74. The average Bonchev–Trinajstić information content (AvgIpc) is 2.78. The number of halogens is 1. The monoisotopic (exact) mass is 247 g/mol. The van der Waals surface area contributed by atoms with Gasteiger partial charge in [-0.15, -0.1) is 0 Å². The minimum Gasteiger partial charge on any atom is -0.331 e. The molecule has 0 spiro atoms. The Balaban J connectivity index is 2.27. The summed E-state index contributed by atoms with van der Waals surface area (Å²) in [6.45, 7) is 3.17. The number of benzene rings is 1. The molecule has 4 heteroatoms. The number of hydrogen-bond acceptors (Lipinski definition) is 2. The van der Waals surface area contributed by atoms with E-state index in [0.717, 1.165) is 29.8 Å². The number of rotatable bonds is 5. The fourth-order valence-electron chi connectivity index (χ4n) is 2.06. The zero-order chi connectivity index (χ0) is 13.0. The van der Waals surface area contributed by atoms with Crippen molar-refractivity contribution in [1.82, 2.24) is 9.55 Å². The summed E-state index contributed by atoms with van der Waals surface area (Å²) in [5, 5.41) is 0. The van der Waals surface area contributed by atoms with Gasteiger partial charge in [-0.05, 0) is 29.7 Å². The van der Waals surface area contributed by atoms with Gasteiger partial charge in [-0.1, -0.05) is 13.0 Å². The van der Waals surface area contributed by atoms with Crippen LogP contribution in [0.1, 0.15) is 30.3 Å². The molecule has 1 aromatic carbocycles. The van der Waals surface area contributed by atoms with Crippen LogP contribution in [0.2, 0.25) is 0 Å². The molecule has 0 saturated carbocycles. The highest BCUT2D eigenvalue weighted by atomic mass is 19.1. The van der Waals surface area contributed by atoms with E-state index in [2.05, 4.69) is 16.5 Å². The molecule has 0 aliphatic rings. The van der Waals surface area contributed by atoms with Crippen molar-refractivity contribution in [2.24, 2.45) is 5.73 Å². The molecule has 0 unspecified atom stereocenters. The van der Waals surface area contributed by atoms with Crippen LogP contribution >= 0.6 is 0 Å². The summed E-state index contributed by atoms with van der Waals surface area (Å²) < 4.78 is 15.3. The second-order valence-electron chi connectivity index (χ2n) is 4.34. The van der Waals surface area contributed by atoms with E-state index in [1.807, 2.05) is 6.20 Å². The number of nitrogens with zero attached hydrogens (tertiary/aromatic N) is 2. The Hall–Kier alpha value is -1.68. The van der Waals surface area contributed by atoms with Crippen LogP contribution in [0.5, 0.6) is 0 Å². The van der Waals surface area contributed by atoms with Crippen LogP contribution in [-0.2, 0) is 19.5 Å². The molecule has 0 atom stereocenters. The van der Waals surface area contributed by atoms with Crippen molar-refractivity contribution in [3.05, 3.63) is 53.4 Å². The second kappa shape index (κ2) is 5.78. The number of hydrogen-bond donors (Lipinski definition) is 1. The van der Waals surface area contributed by atoms with Gasteiger partial charge in [-0.3, -0.25) is 0 Å². The number of aryl methyl sites for hydroxylation is 1. The highest BCUT2D eigenvalue weighted by Gasteiger charge is 2.07. The standard InChI is InChI=1S/C14H18FN3/c1-2-3-14-17-6-7-18(14)10-12-8-13(15)5-4-11(12)9-16/h4-8H,2-3,9-10,16H2,1H3. The lowest BCUT2D eigenvalue weighted by atomic mass is 10.1. The van der Waals surface area contributed by atoms with Crippen LogP contribution in [0.3, 0.4) is 0 Å². The first-order valence-electron chi connectivity index (χ1n) is 6.22. The van der Waals surface area contributed by atoms with Gasteiger partial charge >= 0.3 is 0 Å². The van der Waals surface area contributed by atoms with Gasteiger partial charge in [0, 0.05) is 31.9 Å². The maximum atomic E-state index is 13.3. The maximum Gasteiger partial charge on any atom is 0.123 e. The normalized spacial score (nSPS) is 10.8. The average molecular weight is 247 g/mol. The molecule has 2 N–H and O–H groups in total. The fourth-order valence-corrected chi connectivity index (χ4v) is 2.06. The fraction of sp³-hybridized carbons (Fsp3) is 0.357. The van der Waals surface area contributed by atoms with Gasteiger partial charge in [0.15, 0.2) is 0 Å². The van der Waals surface area contributed by atoms with E-state index in [9.17, 15) is 4.39 Å². The third-order valence-electron chi connectivity index (χ3n) is 3.00. The summed E-state index contributed by atoms with van der Waals surface area (Å²) in [5.41, 5.74) is 7.58. The van der Waals surface area contributed by atoms with Crippen LogP contribution < -0.4 is 5.73 Å². The molecule has 1 aromatic heterocycles. The Bertz CT molecular complexity index is 520. The molecule has 0 amide bonds. The van der Waals surface area contributed by atoms with E-state index in [4.69, 9.17) is 5.73 Å². The summed E-state index contributed by atoms with van der Waals surface area (Å²) in [7, 11) is 0. The summed E-state index contributed by atoms with van der Waals surface area (Å²) in [4.78, 5) is 4.32. The molecule has 0 aliphatic heterocycles. The Kier molecular flexibility index (Phi) is 4.10. The third-order valence-corrected chi connectivity index (χ3v) is 3.00. The molecule has 0 aliphatic carbocycles. The number of nitrogens with two attached hydrogens (primary N) is 1. The van der Waals surface area contributed by atoms with Crippen molar-refractivity contribution in [1.29, 1.82) is 0 Å². The molecule has 2 rings (SSSR count). The van der Waals surface area contributed by atoms with Gasteiger partial charge in [0.05, 0.1) is 0 Å². The summed E-state index contributed by atoms with van der Waals surface area (Å²) in [6.07, 6.45) is 5.69. The summed E-state index contributed by atoms with van der Waals surface area (Å²) in [6, 6.07) is 4.76. The Morgan fingerprint density at radius 2 is 2.17 bits per heavy atom. The van der Waals surface area contributed by atoms with Gasteiger partial charge < -0.3 is 10.3 Å². The van der Waals surface area contributed by atoms with Gasteiger partial charge in [-0.25, -0.2) is 9.37 Å². The van der Waals surface area contributed by atoms with E-state index in [0.29, 0.717) is 13.1 Å². The van der Waals surface area contributed by atoms with E-state index in [1.54, 1.807) is 18.3 Å². The molecule has 0 radical (unpaired) electrons. The van der Waals surface area contributed by atoms with E-state index >= 15 is 0 Å². The molecule has 18 heavy (non-hydrogen) atoms. The zero-order valence-corrected chi connectivity index (χ0v) is 10.6. The van der Waals surface area contributed by atoms with E-state index < -0.39 is 0 Å². The zero-order valence-electron chi connectivity index (χ0n) is 10.6. The molecule has 1 heterocycles. The van der Waals surface area contributed by atoms with Crippen molar-refractivity contribution in [2.45, 2.75) is 32.9 Å². The smallest absolute Gasteiger partial charge is 0.123 e. The van der Waals surface area contributed by atoms with Crippen LogP contribution in [0.25, 0.3) is 0 Å². The third kappa shape index (κ3) is 2.76. The SMILES string of the molecule is CCCc1nccn1Cc1cc(F)ccc1CN. The maximum absolute atomic E-state index is 13.3. The minimum absolute atomic E-state index is 0.223. The first-order valence-corrected chi connectivity index (χ1v) is 6.22. The van der Waals surface area contributed by atoms with Crippen molar-refractivity contribution in [3.63, 3.8) is 0 Å². The largest absolute Gasteiger partial charge is 0.331 e. The molecule has 96 valence electrons. The Labute approximate surface area is 106 Å². The van der Waals surface area contributed by atoms with Gasteiger partial charge in [0.2, 0.25) is 0 Å². The van der Waals surface area contributed by atoms with Crippen LogP contribution in [0.15, 0.2) is 30.6 Å². The predicted molar refractivity (Wildman–Crippen MR) is 69.6 cm³/mol. The van der Waals surface area contributed by atoms with Crippen molar-refractivity contribution < 1.29 is 4.39 Å². The van der Waals surface area contributed by atoms with E-state index in [1.165, 1.54) is 6.07 Å². The number of imidazole rings is 1. The van der Waals surface area contributed by atoms with Gasteiger partial charge in [0.1, 0.15) is 11.6 Å². The van der Waals surface area contributed by atoms with Crippen LogP contribution in [0.4, 0.5) is 4.39 Å². The van der Waals surface area contributed by atoms with E-state index in [-0.39, 0.29) is 5.82 Å². The lowest BCUT2D eigenvalue weighted by Crippen LogP contribution is -2.09. The summed E-state index contributed by atoms with van der Waals surface area (Å²) in [5.74, 6) is 0.809. The van der Waals surface area contributed by atoms with Crippen LogP contribution in [-0.4, -0.2) is 9.55 Å².